The summed E-state index contributed by atoms with van der Waals surface area (Å²) in [4.78, 5) is 10.9. The Morgan fingerprint density at radius 1 is 1.42 bits per heavy atom. The molecule has 0 radical (unpaired) electrons. The van der Waals surface area contributed by atoms with Gasteiger partial charge in [0.2, 0.25) is 0 Å². The maximum absolute atomic E-state index is 10.9. The molecule has 0 aromatic heterocycles. The number of methoxy groups -OCH3 is 1. The quantitative estimate of drug-likeness (QED) is 0.439. The van der Waals surface area contributed by atoms with Crippen molar-refractivity contribution >= 4 is 5.97 Å². The molecule has 0 spiro atoms. The van der Waals surface area contributed by atoms with Crippen molar-refractivity contribution in [1.82, 2.24) is 0 Å². The van der Waals surface area contributed by atoms with E-state index in [0.29, 0.717) is 12.8 Å². The zero-order valence-corrected chi connectivity index (χ0v) is 7.32. The first-order valence-electron chi connectivity index (χ1n) is 4.05. The minimum absolute atomic E-state index is 0.124. The van der Waals surface area contributed by atoms with Gasteiger partial charge < -0.3 is 14.9 Å². The number of unbranched alkanes of at least 4 members (excludes halogenated alkanes) is 1. The number of hydrogen-bond donors (Lipinski definition) is 2. The number of esters is 1. The zero-order valence-electron chi connectivity index (χ0n) is 7.32. The average Bonchev–Trinajstić information content (AvgIpc) is 2.11. The van der Waals surface area contributed by atoms with E-state index < -0.39 is 5.92 Å². The first-order chi connectivity index (χ1) is 5.76. The second kappa shape index (κ2) is 7.06. The van der Waals surface area contributed by atoms with Crippen LogP contribution in [0.4, 0.5) is 0 Å². The third-order valence-corrected chi connectivity index (χ3v) is 1.72. The Morgan fingerprint density at radius 2 is 2.08 bits per heavy atom. The van der Waals surface area contributed by atoms with E-state index in [1.54, 1.807) is 0 Å². The van der Waals surface area contributed by atoms with Gasteiger partial charge in [-0.3, -0.25) is 4.79 Å². The number of carbonyl (C=O) groups excluding carboxylic acids is 1. The third-order valence-electron chi connectivity index (χ3n) is 1.72. The molecular formula is C8H16O4. The van der Waals surface area contributed by atoms with Crippen LogP contribution >= 0.6 is 0 Å². The smallest absolute Gasteiger partial charge is 0.310 e. The fourth-order valence-corrected chi connectivity index (χ4v) is 0.953. The molecule has 2 N–H and O–H groups in total. The lowest BCUT2D eigenvalue weighted by Crippen LogP contribution is -2.19. The zero-order chi connectivity index (χ0) is 9.40. The second-order valence-electron chi connectivity index (χ2n) is 2.62. The van der Waals surface area contributed by atoms with Crippen LogP contribution in [0.3, 0.4) is 0 Å². The summed E-state index contributed by atoms with van der Waals surface area (Å²) in [6, 6.07) is 0. The van der Waals surface area contributed by atoms with Crippen molar-refractivity contribution < 1.29 is 19.7 Å². The Bertz CT molecular complexity index is 124. The topological polar surface area (TPSA) is 66.8 Å². The van der Waals surface area contributed by atoms with Crippen molar-refractivity contribution in [2.24, 2.45) is 5.92 Å². The van der Waals surface area contributed by atoms with Crippen LogP contribution in [-0.4, -0.2) is 36.5 Å². The fourth-order valence-electron chi connectivity index (χ4n) is 0.953. The van der Waals surface area contributed by atoms with Gasteiger partial charge in [0.25, 0.3) is 0 Å². The van der Waals surface area contributed by atoms with Crippen molar-refractivity contribution in [1.29, 1.82) is 0 Å². The number of aliphatic hydroxyl groups is 2. The number of carbonyl (C=O) groups is 1. The van der Waals surface area contributed by atoms with Crippen LogP contribution < -0.4 is 0 Å². The van der Waals surface area contributed by atoms with Gasteiger partial charge in [0.1, 0.15) is 0 Å². The van der Waals surface area contributed by atoms with E-state index >= 15 is 0 Å². The molecular weight excluding hydrogens is 160 g/mol. The third kappa shape index (κ3) is 4.31. The van der Waals surface area contributed by atoms with Gasteiger partial charge in [0.15, 0.2) is 0 Å². The SMILES string of the molecule is COC(=O)C(CO)CCCCO. The van der Waals surface area contributed by atoms with Crippen molar-refractivity contribution in [2.75, 3.05) is 20.3 Å². The van der Waals surface area contributed by atoms with Crippen LogP contribution in [0, 0.1) is 5.92 Å². The van der Waals surface area contributed by atoms with E-state index in [1.165, 1.54) is 7.11 Å². The summed E-state index contributed by atoms with van der Waals surface area (Å²) in [6.07, 6.45) is 1.97. The summed E-state index contributed by atoms with van der Waals surface area (Å²) >= 11 is 0. The molecule has 0 aliphatic rings. The molecule has 4 nitrogen and oxygen atoms in total. The summed E-state index contributed by atoms with van der Waals surface area (Å²) < 4.78 is 4.47. The van der Waals surface area contributed by atoms with Gasteiger partial charge in [-0.25, -0.2) is 0 Å². The molecule has 0 saturated heterocycles. The maximum atomic E-state index is 10.9. The van der Waals surface area contributed by atoms with Gasteiger partial charge in [-0.1, -0.05) is 6.42 Å². The Morgan fingerprint density at radius 3 is 2.50 bits per heavy atom. The van der Waals surface area contributed by atoms with E-state index in [-0.39, 0.29) is 19.2 Å². The molecule has 4 heteroatoms. The van der Waals surface area contributed by atoms with Gasteiger partial charge >= 0.3 is 5.97 Å². The number of rotatable bonds is 6. The van der Waals surface area contributed by atoms with Crippen LogP contribution in [0.15, 0.2) is 0 Å². The van der Waals surface area contributed by atoms with Crippen molar-refractivity contribution in [3.05, 3.63) is 0 Å². The summed E-state index contributed by atoms with van der Waals surface area (Å²) in [7, 11) is 1.30. The molecule has 1 atom stereocenters. The summed E-state index contributed by atoms with van der Waals surface area (Å²) in [6.45, 7) is -0.0581. The largest absolute Gasteiger partial charge is 0.469 e. The molecule has 0 aliphatic heterocycles. The van der Waals surface area contributed by atoms with Crippen LogP contribution in [0.25, 0.3) is 0 Å². The van der Waals surface area contributed by atoms with Crippen LogP contribution in [0.2, 0.25) is 0 Å². The Kier molecular flexibility index (Phi) is 6.70. The van der Waals surface area contributed by atoms with Crippen LogP contribution in [0.5, 0.6) is 0 Å². The molecule has 0 aromatic rings. The molecule has 12 heavy (non-hydrogen) atoms. The molecule has 0 aromatic carbocycles. The van der Waals surface area contributed by atoms with Gasteiger partial charge in [0, 0.05) is 6.61 Å². The molecule has 72 valence electrons. The number of aliphatic hydroxyl groups excluding tert-OH is 2. The van der Waals surface area contributed by atoms with E-state index in [2.05, 4.69) is 4.74 Å². The molecule has 0 saturated carbocycles. The van der Waals surface area contributed by atoms with Gasteiger partial charge in [-0.15, -0.1) is 0 Å². The monoisotopic (exact) mass is 176 g/mol. The van der Waals surface area contributed by atoms with Gasteiger partial charge in [0.05, 0.1) is 19.6 Å². The molecule has 0 rings (SSSR count). The van der Waals surface area contributed by atoms with Crippen molar-refractivity contribution in [3.8, 4) is 0 Å². The van der Waals surface area contributed by atoms with E-state index in [1.807, 2.05) is 0 Å². The first-order valence-corrected chi connectivity index (χ1v) is 4.05. The van der Waals surface area contributed by atoms with E-state index in [0.717, 1.165) is 6.42 Å². The molecule has 0 aliphatic carbocycles. The minimum Gasteiger partial charge on any atom is -0.469 e. The first kappa shape index (κ1) is 11.4. The second-order valence-corrected chi connectivity index (χ2v) is 2.62. The molecule has 0 amide bonds. The summed E-state index contributed by atoms with van der Waals surface area (Å²) in [5, 5.41) is 17.2. The highest BCUT2D eigenvalue weighted by Crippen LogP contribution is 2.09. The van der Waals surface area contributed by atoms with Gasteiger partial charge in [-0.2, -0.15) is 0 Å². The highest BCUT2D eigenvalue weighted by molar-refractivity contribution is 5.72. The predicted molar refractivity (Wildman–Crippen MR) is 43.5 cm³/mol. The highest BCUT2D eigenvalue weighted by atomic mass is 16.5. The predicted octanol–water partition coefficient (Wildman–Crippen LogP) is -0.0695. The van der Waals surface area contributed by atoms with E-state index in [9.17, 15) is 4.79 Å². The minimum atomic E-state index is -0.429. The van der Waals surface area contributed by atoms with E-state index in [4.69, 9.17) is 10.2 Å². The average molecular weight is 176 g/mol. The summed E-state index contributed by atoms with van der Waals surface area (Å²) in [5.74, 6) is -0.808. The Balaban J connectivity index is 3.60. The Hall–Kier alpha value is -0.610. The lowest BCUT2D eigenvalue weighted by atomic mass is 10.0. The normalized spacial score (nSPS) is 12.6. The standard InChI is InChI=1S/C8H16O4/c1-12-8(11)7(6-10)4-2-3-5-9/h7,9-10H,2-6H2,1H3. The molecule has 0 fully saturated rings. The fraction of sp³-hybridized carbons (Fsp3) is 0.875. The summed E-state index contributed by atoms with van der Waals surface area (Å²) in [5.41, 5.74) is 0. The molecule has 0 bridgehead atoms. The molecule has 0 heterocycles. The highest BCUT2D eigenvalue weighted by Gasteiger charge is 2.16. The van der Waals surface area contributed by atoms with Crippen LogP contribution in [-0.2, 0) is 9.53 Å². The lowest BCUT2D eigenvalue weighted by Gasteiger charge is -2.10. The van der Waals surface area contributed by atoms with Gasteiger partial charge in [-0.05, 0) is 12.8 Å². The van der Waals surface area contributed by atoms with Crippen molar-refractivity contribution in [2.45, 2.75) is 19.3 Å². The maximum Gasteiger partial charge on any atom is 0.310 e. The number of ether oxygens (including phenoxy) is 1. The van der Waals surface area contributed by atoms with Crippen LogP contribution in [0.1, 0.15) is 19.3 Å². The molecule has 1 unspecified atom stereocenters. The number of hydrogen-bond acceptors (Lipinski definition) is 4. The lowest BCUT2D eigenvalue weighted by molar-refractivity contribution is -0.147. The van der Waals surface area contributed by atoms with Crippen molar-refractivity contribution in [3.63, 3.8) is 0 Å². The Labute approximate surface area is 72.2 Å².